The fraction of sp³-hybridized carbons (Fsp3) is 0.0204. The summed E-state index contributed by atoms with van der Waals surface area (Å²) in [5.74, 6) is -0.427. The van der Waals surface area contributed by atoms with Gasteiger partial charge in [-0.2, -0.15) is 13.2 Å². The van der Waals surface area contributed by atoms with Crippen molar-refractivity contribution in [1.82, 2.24) is 9.13 Å². The van der Waals surface area contributed by atoms with E-state index in [1.807, 2.05) is 133 Å². The molecule has 2 nitrogen and oxygen atoms in total. The van der Waals surface area contributed by atoms with E-state index in [-0.39, 0.29) is 11.4 Å². The standard InChI is InChI=1S/C49H30F4N2/c50-37-23-19-33(20-24-37)36-29-46(54-42-17-9-7-15-38(42)40-27-34(21-25-44(40)54)31-11-3-1-4-12-31)48(49(51,52)53)47(30-36)55-43-18-10-8-16-39(43)41-28-35(22-26-45(41)55)32-13-5-2-6-14-32/h1-30H. The zero-order chi connectivity index (χ0) is 37.3. The minimum Gasteiger partial charge on any atom is -0.309 e. The van der Waals surface area contributed by atoms with E-state index in [1.165, 1.54) is 12.1 Å². The summed E-state index contributed by atoms with van der Waals surface area (Å²) in [4.78, 5) is 0. The van der Waals surface area contributed by atoms with Gasteiger partial charge in [0.25, 0.3) is 0 Å². The van der Waals surface area contributed by atoms with Crippen molar-refractivity contribution in [3.63, 3.8) is 0 Å². The lowest BCUT2D eigenvalue weighted by atomic mass is 9.99. The number of hydrogen-bond donors (Lipinski definition) is 0. The molecule has 0 saturated heterocycles. The second-order valence-corrected chi connectivity index (χ2v) is 13.8. The highest BCUT2D eigenvalue weighted by Gasteiger charge is 2.39. The van der Waals surface area contributed by atoms with Crippen molar-refractivity contribution in [2.45, 2.75) is 6.18 Å². The third-order valence-electron chi connectivity index (χ3n) is 10.6. The van der Waals surface area contributed by atoms with Crippen LogP contribution in [0.15, 0.2) is 182 Å². The number of benzene rings is 8. The molecule has 2 aromatic heterocycles. The van der Waals surface area contributed by atoms with Crippen molar-refractivity contribution >= 4 is 43.6 Å². The van der Waals surface area contributed by atoms with Gasteiger partial charge in [-0.05, 0) is 94.0 Å². The van der Waals surface area contributed by atoms with Crippen LogP contribution in [0.4, 0.5) is 17.6 Å². The van der Waals surface area contributed by atoms with Gasteiger partial charge in [0.15, 0.2) is 0 Å². The zero-order valence-corrected chi connectivity index (χ0v) is 29.2. The van der Waals surface area contributed by atoms with Crippen LogP contribution in [0.1, 0.15) is 5.56 Å². The molecule has 0 spiro atoms. The molecule has 0 bridgehead atoms. The molecule has 0 radical (unpaired) electrons. The molecular formula is C49H30F4N2. The SMILES string of the molecule is Fc1ccc(-c2cc(-n3c4ccccc4c4cc(-c5ccccc5)ccc43)c(C(F)(F)F)c(-n3c4ccccc4c4cc(-c5ccccc5)ccc43)c2)cc1. The molecule has 0 amide bonds. The van der Waals surface area contributed by atoms with Crippen LogP contribution in [0.25, 0.3) is 88.4 Å². The number of fused-ring (bicyclic) bond motifs is 6. The number of halogens is 4. The Bertz CT molecular complexity index is 2890. The Morgan fingerprint density at radius 1 is 0.327 bits per heavy atom. The number of alkyl halides is 3. The molecule has 0 unspecified atom stereocenters. The van der Waals surface area contributed by atoms with Crippen LogP contribution in [0.5, 0.6) is 0 Å². The number of para-hydroxylation sites is 2. The highest BCUT2D eigenvalue weighted by molar-refractivity contribution is 6.12. The third kappa shape index (κ3) is 5.40. The fourth-order valence-corrected chi connectivity index (χ4v) is 8.15. The van der Waals surface area contributed by atoms with E-state index in [1.54, 1.807) is 33.4 Å². The van der Waals surface area contributed by atoms with E-state index >= 15 is 13.2 Å². The molecule has 0 atom stereocenters. The zero-order valence-electron chi connectivity index (χ0n) is 29.2. The van der Waals surface area contributed by atoms with E-state index in [0.29, 0.717) is 33.2 Å². The van der Waals surface area contributed by atoms with Crippen LogP contribution in [-0.4, -0.2) is 9.13 Å². The average molecular weight is 723 g/mol. The van der Waals surface area contributed by atoms with Gasteiger partial charge in [-0.3, -0.25) is 0 Å². The first-order valence-electron chi connectivity index (χ1n) is 18.0. The molecule has 6 heteroatoms. The molecule has 0 aliphatic rings. The number of hydrogen-bond acceptors (Lipinski definition) is 0. The quantitative estimate of drug-likeness (QED) is 0.157. The molecule has 2 heterocycles. The summed E-state index contributed by atoms with van der Waals surface area (Å²) in [6, 6.07) is 56.0. The van der Waals surface area contributed by atoms with Crippen LogP contribution in [0.3, 0.4) is 0 Å². The number of rotatable bonds is 5. The lowest BCUT2D eigenvalue weighted by molar-refractivity contribution is -0.137. The van der Waals surface area contributed by atoms with Gasteiger partial charge in [0.05, 0.1) is 33.4 Å². The molecule has 8 aromatic carbocycles. The molecule has 0 saturated carbocycles. The van der Waals surface area contributed by atoms with Crippen molar-refractivity contribution in [2.75, 3.05) is 0 Å². The molecule has 0 aliphatic heterocycles. The van der Waals surface area contributed by atoms with E-state index < -0.39 is 17.6 Å². The van der Waals surface area contributed by atoms with Gasteiger partial charge in [-0.15, -0.1) is 0 Å². The summed E-state index contributed by atoms with van der Waals surface area (Å²) < 4.78 is 66.3. The van der Waals surface area contributed by atoms with Gasteiger partial charge >= 0.3 is 6.18 Å². The minimum atomic E-state index is -4.78. The third-order valence-corrected chi connectivity index (χ3v) is 10.6. The first-order valence-corrected chi connectivity index (χ1v) is 18.0. The number of aromatic nitrogens is 2. The Hall–Kier alpha value is -6.92. The van der Waals surface area contributed by atoms with Crippen LogP contribution in [-0.2, 0) is 6.18 Å². The Kier molecular flexibility index (Phi) is 7.49. The van der Waals surface area contributed by atoms with Crippen molar-refractivity contribution in [1.29, 1.82) is 0 Å². The van der Waals surface area contributed by atoms with Crippen LogP contribution >= 0.6 is 0 Å². The topological polar surface area (TPSA) is 9.86 Å². The highest BCUT2D eigenvalue weighted by atomic mass is 19.4. The Balaban J connectivity index is 1.33. The maximum Gasteiger partial charge on any atom is 0.420 e. The van der Waals surface area contributed by atoms with E-state index in [2.05, 4.69) is 12.1 Å². The summed E-state index contributed by atoms with van der Waals surface area (Å²) in [7, 11) is 0. The van der Waals surface area contributed by atoms with Crippen molar-refractivity contribution < 1.29 is 17.6 Å². The molecule has 10 rings (SSSR count). The largest absolute Gasteiger partial charge is 0.420 e. The smallest absolute Gasteiger partial charge is 0.309 e. The summed E-state index contributed by atoms with van der Waals surface area (Å²) in [5.41, 5.74) is 6.84. The molecule has 264 valence electrons. The molecule has 10 aromatic rings. The Morgan fingerprint density at radius 3 is 1.16 bits per heavy atom. The lowest BCUT2D eigenvalue weighted by Crippen LogP contribution is -2.16. The van der Waals surface area contributed by atoms with Crippen molar-refractivity contribution in [3.8, 4) is 44.8 Å². The fourth-order valence-electron chi connectivity index (χ4n) is 8.15. The van der Waals surface area contributed by atoms with Crippen LogP contribution in [0, 0.1) is 5.82 Å². The maximum atomic E-state index is 16.2. The maximum absolute atomic E-state index is 16.2. The predicted octanol–water partition coefficient (Wildman–Crippen LogP) is 14.0. The Labute approximate surface area is 313 Å². The molecular weight excluding hydrogens is 693 g/mol. The summed E-state index contributed by atoms with van der Waals surface area (Å²) in [5, 5.41) is 3.35. The van der Waals surface area contributed by atoms with Gasteiger partial charge in [0.1, 0.15) is 11.4 Å². The molecule has 0 N–H and O–H groups in total. The molecule has 55 heavy (non-hydrogen) atoms. The second kappa shape index (κ2) is 12.6. The molecule has 0 aliphatic carbocycles. The predicted molar refractivity (Wildman–Crippen MR) is 216 cm³/mol. The van der Waals surface area contributed by atoms with E-state index in [4.69, 9.17) is 0 Å². The second-order valence-electron chi connectivity index (χ2n) is 13.8. The van der Waals surface area contributed by atoms with Crippen molar-refractivity contribution in [2.24, 2.45) is 0 Å². The lowest BCUT2D eigenvalue weighted by Gasteiger charge is -2.23. The van der Waals surface area contributed by atoms with Gasteiger partial charge in [0, 0.05) is 21.5 Å². The van der Waals surface area contributed by atoms with Gasteiger partial charge in [0.2, 0.25) is 0 Å². The molecule has 0 fully saturated rings. The Morgan fingerprint density at radius 2 is 0.709 bits per heavy atom. The first kappa shape index (κ1) is 32.7. The minimum absolute atomic E-state index is 0.0187. The van der Waals surface area contributed by atoms with Gasteiger partial charge < -0.3 is 9.13 Å². The van der Waals surface area contributed by atoms with Crippen molar-refractivity contribution in [3.05, 3.63) is 193 Å². The van der Waals surface area contributed by atoms with Crippen LogP contribution in [0.2, 0.25) is 0 Å². The summed E-state index contributed by atoms with van der Waals surface area (Å²) in [6.07, 6.45) is -4.78. The van der Waals surface area contributed by atoms with Gasteiger partial charge in [-0.25, -0.2) is 4.39 Å². The monoisotopic (exact) mass is 722 g/mol. The normalized spacial score (nSPS) is 12.0. The van der Waals surface area contributed by atoms with E-state index in [0.717, 1.165) is 43.8 Å². The highest BCUT2D eigenvalue weighted by Crippen LogP contribution is 2.46. The summed E-state index contributed by atoms with van der Waals surface area (Å²) in [6.45, 7) is 0. The van der Waals surface area contributed by atoms with Gasteiger partial charge in [-0.1, -0.05) is 121 Å². The van der Waals surface area contributed by atoms with Crippen LogP contribution < -0.4 is 0 Å². The summed E-state index contributed by atoms with van der Waals surface area (Å²) >= 11 is 0. The number of nitrogens with zero attached hydrogens (tertiary/aromatic N) is 2. The van der Waals surface area contributed by atoms with E-state index in [9.17, 15) is 4.39 Å². The average Bonchev–Trinajstić information content (AvgIpc) is 3.73. The first-order chi connectivity index (χ1) is 26.8.